The monoisotopic (exact) mass is 415 g/mol. The van der Waals surface area contributed by atoms with Crippen LogP contribution in [0.2, 0.25) is 0 Å². The lowest BCUT2D eigenvalue weighted by molar-refractivity contribution is -0.139. The van der Waals surface area contributed by atoms with Crippen LogP contribution in [0.25, 0.3) is 0 Å². The van der Waals surface area contributed by atoms with Gasteiger partial charge in [0.15, 0.2) is 0 Å². The molecule has 0 spiro atoms. The normalized spacial score (nSPS) is 11.2. The highest BCUT2D eigenvalue weighted by atomic mass is 19.4. The Morgan fingerprint density at radius 1 is 1.10 bits per heavy atom. The first-order valence-electron chi connectivity index (χ1n) is 9.38. The molecule has 0 fully saturated rings. The Balaban J connectivity index is 1.93. The Kier molecular flexibility index (Phi) is 6.57. The molecular weight excluding hydrogens is 395 g/mol. The van der Waals surface area contributed by atoms with Crippen LogP contribution >= 0.6 is 0 Å². The Morgan fingerprint density at radius 3 is 2.40 bits per heavy atom. The summed E-state index contributed by atoms with van der Waals surface area (Å²) in [4.78, 5) is 0. The molecular formula is C21H20F3N5O. The number of halogens is 3. The predicted octanol–water partition coefficient (Wildman–Crippen LogP) is 4.82. The minimum Gasteiger partial charge on any atom is -0.493 e. The summed E-state index contributed by atoms with van der Waals surface area (Å²) in [5.41, 5.74) is 0.781. The average molecular weight is 415 g/mol. The number of alkyl halides is 3. The Labute approximate surface area is 172 Å². The van der Waals surface area contributed by atoms with Crippen molar-refractivity contribution in [2.24, 2.45) is 0 Å². The summed E-state index contributed by atoms with van der Waals surface area (Å²) in [5.74, 6) is -0.172. The third-order valence-electron chi connectivity index (χ3n) is 4.42. The molecule has 0 unspecified atom stereocenters. The van der Waals surface area contributed by atoms with Gasteiger partial charge in [0.05, 0.1) is 36.0 Å². The lowest BCUT2D eigenvalue weighted by Crippen LogP contribution is -2.28. The van der Waals surface area contributed by atoms with Crippen LogP contribution in [0.3, 0.4) is 0 Å². The zero-order chi connectivity index (χ0) is 21.6. The third-order valence-corrected chi connectivity index (χ3v) is 4.42. The Hall–Kier alpha value is -3.54. The standard InChI is InChI=1S/C21H20F3N5O/c1-2-3-10-30-20-9-6-17(11-19(20)21(22,23)24)13-29(28-14-26-27-15-28)18-7-4-16(12-25)5-8-18/h4-9,11,14-15H,2-3,10,13H2,1H3. The maximum atomic E-state index is 13.6. The number of aromatic nitrogens is 3. The smallest absolute Gasteiger partial charge is 0.419 e. The van der Waals surface area contributed by atoms with E-state index in [0.29, 0.717) is 23.2 Å². The highest BCUT2D eigenvalue weighted by Gasteiger charge is 2.34. The van der Waals surface area contributed by atoms with Crippen LogP contribution in [0.1, 0.15) is 36.5 Å². The van der Waals surface area contributed by atoms with Gasteiger partial charge in [-0.05, 0) is 48.4 Å². The summed E-state index contributed by atoms with van der Waals surface area (Å²) in [7, 11) is 0. The fraction of sp³-hybridized carbons (Fsp3) is 0.286. The van der Waals surface area contributed by atoms with Crippen molar-refractivity contribution >= 4 is 5.69 Å². The molecule has 1 aromatic heterocycles. The number of hydrogen-bond donors (Lipinski definition) is 0. The van der Waals surface area contributed by atoms with Crippen molar-refractivity contribution < 1.29 is 17.9 Å². The summed E-state index contributed by atoms with van der Waals surface area (Å²) in [6, 6.07) is 12.8. The number of rotatable bonds is 8. The van der Waals surface area contributed by atoms with Gasteiger partial charge >= 0.3 is 6.18 Å². The number of anilines is 1. The summed E-state index contributed by atoms with van der Waals surface area (Å²) >= 11 is 0. The lowest BCUT2D eigenvalue weighted by Gasteiger charge is -2.25. The molecule has 0 amide bonds. The fourth-order valence-corrected chi connectivity index (χ4v) is 2.86. The minimum atomic E-state index is -4.53. The van der Waals surface area contributed by atoms with Crippen LogP contribution < -0.4 is 9.75 Å². The van der Waals surface area contributed by atoms with Gasteiger partial charge in [0.2, 0.25) is 0 Å². The molecule has 3 aromatic rings. The third kappa shape index (κ3) is 5.08. The molecule has 0 saturated heterocycles. The van der Waals surface area contributed by atoms with Crippen LogP contribution in [0.4, 0.5) is 18.9 Å². The van der Waals surface area contributed by atoms with Crippen molar-refractivity contribution in [3.05, 3.63) is 71.8 Å². The molecule has 0 bridgehead atoms. The van der Waals surface area contributed by atoms with Gasteiger partial charge in [0.1, 0.15) is 18.4 Å². The number of unbranched alkanes of at least 4 members (excludes halogenated alkanes) is 1. The van der Waals surface area contributed by atoms with E-state index in [1.165, 1.54) is 18.7 Å². The summed E-state index contributed by atoms with van der Waals surface area (Å²) in [6.45, 7) is 2.30. The Bertz CT molecular complexity index is 995. The molecule has 2 aromatic carbocycles. The van der Waals surface area contributed by atoms with Crippen molar-refractivity contribution in [2.75, 3.05) is 11.6 Å². The van der Waals surface area contributed by atoms with Gasteiger partial charge < -0.3 is 4.74 Å². The first kappa shape index (κ1) is 21.2. The number of nitriles is 1. The molecule has 3 rings (SSSR count). The lowest BCUT2D eigenvalue weighted by atomic mass is 10.1. The molecule has 6 nitrogen and oxygen atoms in total. The van der Waals surface area contributed by atoms with Gasteiger partial charge in [-0.15, -0.1) is 10.2 Å². The van der Waals surface area contributed by atoms with Gasteiger partial charge in [0, 0.05) is 0 Å². The van der Waals surface area contributed by atoms with E-state index < -0.39 is 11.7 Å². The first-order chi connectivity index (χ1) is 14.4. The van der Waals surface area contributed by atoms with E-state index in [1.54, 1.807) is 40.0 Å². The molecule has 0 radical (unpaired) electrons. The summed E-state index contributed by atoms with van der Waals surface area (Å²) in [6.07, 6.45) is -0.124. The van der Waals surface area contributed by atoms with E-state index in [2.05, 4.69) is 10.2 Å². The molecule has 0 aliphatic heterocycles. The van der Waals surface area contributed by atoms with Gasteiger partial charge in [-0.2, -0.15) is 18.4 Å². The fourth-order valence-electron chi connectivity index (χ4n) is 2.86. The van der Waals surface area contributed by atoms with Gasteiger partial charge in [-0.3, -0.25) is 5.01 Å². The molecule has 0 aliphatic rings. The predicted molar refractivity (Wildman–Crippen MR) is 105 cm³/mol. The molecule has 0 N–H and O–H groups in total. The summed E-state index contributed by atoms with van der Waals surface area (Å²) < 4.78 is 47.7. The van der Waals surface area contributed by atoms with Crippen molar-refractivity contribution in [3.8, 4) is 11.8 Å². The van der Waals surface area contributed by atoms with Crippen LogP contribution in [0, 0.1) is 11.3 Å². The van der Waals surface area contributed by atoms with Crippen LogP contribution in [0.5, 0.6) is 5.75 Å². The second kappa shape index (κ2) is 9.31. The molecule has 9 heteroatoms. The van der Waals surface area contributed by atoms with E-state index in [1.807, 2.05) is 13.0 Å². The van der Waals surface area contributed by atoms with E-state index in [9.17, 15) is 13.2 Å². The van der Waals surface area contributed by atoms with Crippen LogP contribution in [-0.2, 0) is 12.7 Å². The van der Waals surface area contributed by atoms with Crippen molar-refractivity contribution in [2.45, 2.75) is 32.5 Å². The number of hydrogen-bond acceptors (Lipinski definition) is 5. The minimum absolute atomic E-state index is 0.127. The number of ether oxygens (including phenoxy) is 1. The molecule has 0 aliphatic carbocycles. The SMILES string of the molecule is CCCCOc1ccc(CN(c2ccc(C#N)cc2)n2cnnc2)cc1C(F)(F)F. The maximum absolute atomic E-state index is 13.6. The highest BCUT2D eigenvalue weighted by molar-refractivity contribution is 5.50. The molecule has 156 valence electrons. The van der Waals surface area contributed by atoms with Crippen LogP contribution in [-0.4, -0.2) is 21.5 Å². The van der Waals surface area contributed by atoms with E-state index >= 15 is 0 Å². The quantitative estimate of drug-likeness (QED) is 0.494. The maximum Gasteiger partial charge on any atom is 0.419 e. The van der Waals surface area contributed by atoms with E-state index in [0.717, 1.165) is 12.5 Å². The largest absolute Gasteiger partial charge is 0.493 e. The number of benzene rings is 2. The zero-order valence-electron chi connectivity index (χ0n) is 16.3. The van der Waals surface area contributed by atoms with Gasteiger partial charge in [-0.25, -0.2) is 4.68 Å². The van der Waals surface area contributed by atoms with Crippen LogP contribution in [0.15, 0.2) is 55.1 Å². The van der Waals surface area contributed by atoms with Crippen molar-refractivity contribution in [3.63, 3.8) is 0 Å². The van der Waals surface area contributed by atoms with Crippen molar-refractivity contribution in [1.82, 2.24) is 14.9 Å². The number of nitrogens with zero attached hydrogens (tertiary/aromatic N) is 5. The van der Waals surface area contributed by atoms with Gasteiger partial charge in [-0.1, -0.05) is 19.4 Å². The zero-order valence-corrected chi connectivity index (χ0v) is 16.3. The molecule has 30 heavy (non-hydrogen) atoms. The average Bonchev–Trinajstić information content (AvgIpc) is 3.27. The second-order valence-corrected chi connectivity index (χ2v) is 6.59. The molecule has 1 heterocycles. The highest BCUT2D eigenvalue weighted by Crippen LogP contribution is 2.37. The van der Waals surface area contributed by atoms with Crippen molar-refractivity contribution in [1.29, 1.82) is 5.26 Å². The first-order valence-corrected chi connectivity index (χ1v) is 9.38. The topological polar surface area (TPSA) is 67.0 Å². The molecule has 0 atom stereocenters. The summed E-state index contributed by atoms with van der Waals surface area (Å²) in [5, 5.41) is 18.2. The molecule has 0 saturated carbocycles. The van der Waals surface area contributed by atoms with E-state index in [-0.39, 0.29) is 18.9 Å². The van der Waals surface area contributed by atoms with E-state index in [4.69, 9.17) is 10.00 Å². The van der Waals surface area contributed by atoms with Gasteiger partial charge in [0.25, 0.3) is 0 Å². The second-order valence-electron chi connectivity index (χ2n) is 6.59. The Morgan fingerprint density at radius 2 is 1.80 bits per heavy atom.